The normalized spacial score (nSPS) is 11.5. The first-order valence-electron chi connectivity index (χ1n) is 8.41. The SMILES string of the molecule is C=CC(=O)NCc1ccc(N(C)c2ccc(C(F)(F)F)cc2)c2nc(C)oc12. The third-order valence-corrected chi connectivity index (χ3v) is 4.29. The van der Waals surface area contributed by atoms with Gasteiger partial charge in [-0.1, -0.05) is 12.6 Å². The molecule has 3 rings (SSSR count). The van der Waals surface area contributed by atoms with Crippen molar-refractivity contribution in [2.45, 2.75) is 19.6 Å². The molecule has 28 heavy (non-hydrogen) atoms. The summed E-state index contributed by atoms with van der Waals surface area (Å²) in [5, 5.41) is 2.69. The lowest BCUT2D eigenvalue weighted by Gasteiger charge is -2.21. The van der Waals surface area contributed by atoms with Gasteiger partial charge >= 0.3 is 6.18 Å². The van der Waals surface area contributed by atoms with Crippen LogP contribution in [0, 0.1) is 6.92 Å². The number of benzene rings is 2. The van der Waals surface area contributed by atoms with Crippen LogP contribution < -0.4 is 10.2 Å². The molecule has 2 aromatic carbocycles. The molecule has 1 amide bonds. The summed E-state index contributed by atoms with van der Waals surface area (Å²) in [5.74, 6) is 0.134. The van der Waals surface area contributed by atoms with E-state index in [4.69, 9.17) is 4.42 Å². The molecule has 0 fully saturated rings. The third kappa shape index (κ3) is 3.85. The average Bonchev–Trinajstić information content (AvgIpc) is 3.06. The zero-order chi connectivity index (χ0) is 20.5. The van der Waals surface area contributed by atoms with Crippen LogP contribution in [-0.4, -0.2) is 17.9 Å². The van der Waals surface area contributed by atoms with Crippen molar-refractivity contribution in [3.05, 3.63) is 66.1 Å². The van der Waals surface area contributed by atoms with Gasteiger partial charge in [-0.2, -0.15) is 13.2 Å². The Bertz CT molecular complexity index is 1020. The summed E-state index contributed by atoms with van der Waals surface area (Å²) in [6.45, 7) is 5.35. The highest BCUT2D eigenvalue weighted by molar-refractivity contribution is 5.92. The summed E-state index contributed by atoms with van der Waals surface area (Å²) in [4.78, 5) is 17.6. The molecule has 0 aliphatic heterocycles. The fourth-order valence-corrected chi connectivity index (χ4v) is 2.83. The molecule has 3 aromatic rings. The Morgan fingerprint density at radius 2 is 1.93 bits per heavy atom. The van der Waals surface area contributed by atoms with Gasteiger partial charge in [0.2, 0.25) is 5.91 Å². The molecule has 1 N–H and O–H groups in total. The first-order valence-corrected chi connectivity index (χ1v) is 8.41. The number of anilines is 2. The van der Waals surface area contributed by atoms with E-state index in [-0.39, 0.29) is 12.5 Å². The topological polar surface area (TPSA) is 58.4 Å². The molecular formula is C20H18F3N3O2. The van der Waals surface area contributed by atoms with Crippen LogP contribution in [0.25, 0.3) is 11.1 Å². The maximum Gasteiger partial charge on any atom is 0.416 e. The second-order valence-electron chi connectivity index (χ2n) is 6.18. The van der Waals surface area contributed by atoms with Crippen LogP contribution in [0.2, 0.25) is 0 Å². The molecule has 0 unspecified atom stereocenters. The number of hydrogen-bond donors (Lipinski definition) is 1. The van der Waals surface area contributed by atoms with Crippen molar-refractivity contribution in [1.82, 2.24) is 10.3 Å². The van der Waals surface area contributed by atoms with E-state index in [0.717, 1.165) is 17.7 Å². The number of carbonyl (C=O) groups is 1. The highest BCUT2D eigenvalue weighted by atomic mass is 19.4. The summed E-state index contributed by atoms with van der Waals surface area (Å²) in [6.07, 6.45) is -3.21. The van der Waals surface area contributed by atoms with E-state index < -0.39 is 11.7 Å². The van der Waals surface area contributed by atoms with Crippen LogP contribution in [0.4, 0.5) is 24.5 Å². The van der Waals surface area contributed by atoms with E-state index in [1.807, 2.05) is 0 Å². The largest absolute Gasteiger partial charge is 0.441 e. The van der Waals surface area contributed by atoms with E-state index in [2.05, 4.69) is 16.9 Å². The van der Waals surface area contributed by atoms with Crippen molar-refractivity contribution < 1.29 is 22.4 Å². The van der Waals surface area contributed by atoms with Gasteiger partial charge in [-0.25, -0.2) is 4.98 Å². The minimum absolute atomic E-state index is 0.236. The monoisotopic (exact) mass is 389 g/mol. The zero-order valence-corrected chi connectivity index (χ0v) is 15.3. The molecule has 0 radical (unpaired) electrons. The number of fused-ring (bicyclic) bond motifs is 1. The number of alkyl halides is 3. The molecule has 0 aliphatic carbocycles. The molecule has 0 saturated carbocycles. The molecular weight excluding hydrogens is 371 g/mol. The van der Waals surface area contributed by atoms with Crippen molar-refractivity contribution >= 4 is 28.4 Å². The number of nitrogens with one attached hydrogen (secondary N) is 1. The molecule has 0 bridgehead atoms. The molecule has 5 nitrogen and oxygen atoms in total. The molecule has 146 valence electrons. The Balaban J connectivity index is 1.96. The maximum absolute atomic E-state index is 12.8. The number of aryl methyl sites for hydroxylation is 1. The van der Waals surface area contributed by atoms with Crippen LogP contribution in [0.15, 0.2) is 53.5 Å². The number of halogens is 3. The van der Waals surface area contributed by atoms with E-state index in [0.29, 0.717) is 28.4 Å². The highest BCUT2D eigenvalue weighted by Gasteiger charge is 2.30. The Labute approximate surface area is 159 Å². The van der Waals surface area contributed by atoms with Crippen LogP contribution in [0.5, 0.6) is 0 Å². The van der Waals surface area contributed by atoms with E-state index >= 15 is 0 Å². The number of nitrogens with zero attached hydrogens (tertiary/aromatic N) is 2. The molecule has 1 aromatic heterocycles. The zero-order valence-electron chi connectivity index (χ0n) is 15.3. The average molecular weight is 389 g/mol. The van der Waals surface area contributed by atoms with Crippen molar-refractivity contribution in [3.63, 3.8) is 0 Å². The predicted molar refractivity (Wildman–Crippen MR) is 100 cm³/mol. The van der Waals surface area contributed by atoms with Gasteiger partial charge in [-0.15, -0.1) is 0 Å². The number of carbonyl (C=O) groups excluding carboxylic acids is 1. The van der Waals surface area contributed by atoms with Crippen molar-refractivity contribution in [1.29, 1.82) is 0 Å². The van der Waals surface area contributed by atoms with Gasteiger partial charge in [0.25, 0.3) is 0 Å². The highest BCUT2D eigenvalue weighted by Crippen LogP contribution is 2.35. The Hall–Kier alpha value is -3.29. The van der Waals surface area contributed by atoms with Gasteiger partial charge in [0, 0.05) is 31.8 Å². The molecule has 0 spiro atoms. The summed E-state index contributed by atoms with van der Waals surface area (Å²) < 4.78 is 44.0. The Morgan fingerprint density at radius 3 is 2.54 bits per heavy atom. The Morgan fingerprint density at radius 1 is 1.25 bits per heavy atom. The van der Waals surface area contributed by atoms with E-state index in [1.165, 1.54) is 18.2 Å². The third-order valence-electron chi connectivity index (χ3n) is 4.29. The number of hydrogen-bond acceptors (Lipinski definition) is 4. The molecule has 0 atom stereocenters. The minimum Gasteiger partial charge on any atom is -0.441 e. The van der Waals surface area contributed by atoms with Crippen molar-refractivity contribution in [3.8, 4) is 0 Å². The smallest absolute Gasteiger partial charge is 0.416 e. The first-order chi connectivity index (χ1) is 13.2. The number of rotatable bonds is 5. The van der Waals surface area contributed by atoms with Crippen LogP contribution in [0.1, 0.15) is 17.0 Å². The number of oxazole rings is 1. The summed E-state index contributed by atoms with van der Waals surface area (Å²) in [6, 6.07) is 8.45. The fourth-order valence-electron chi connectivity index (χ4n) is 2.83. The second kappa shape index (κ2) is 7.38. The summed E-state index contributed by atoms with van der Waals surface area (Å²) >= 11 is 0. The van der Waals surface area contributed by atoms with Gasteiger partial charge in [-0.3, -0.25) is 4.79 Å². The van der Waals surface area contributed by atoms with Crippen LogP contribution >= 0.6 is 0 Å². The van der Waals surface area contributed by atoms with Gasteiger partial charge in [0.1, 0.15) is 5.52 Å². The lowest BCUT2D eigenvalue weighted by molar-refractivity contribution is -0.137. The van der Waals surface area contributed by atoms with Crippen molar-refractivity contribution in [2.24, 2.45) is 0 Å². The first kappa shape index (κ1) is 19.5. The van der Waals surface area contributed by atoms with Crippen molar-refractivity contribution in [2.75, 3.05) is 11.9 Å². The predicted octanol–water partition coefficient (Wildman–Crippen LogP) is 4.73. The molecule has 1 heterocycles. The van der Waals surface area contributed by atoms with Gasteiger partial charge in [0.05, 0.1) is 11.3 Å². The van der Waals surface area contributed by atoms with Crippen LogP contribution in [-0.2, 0) is 17.5 Å². The van der Waals surface area contributed by atoms with E-state index in [1.54, 1.807) is 31.0 Å². The standard InChI is InChI=1S/C20H18F3N3O2/c1-4-17(27)24-11-13-5-10-16(18-19(13)28-12(2)25-18)26(3)15-8-6-14(7-9-15)20(21,22)23/h4-10H,1,11H2,2-3H3,(H,24,27). The second-order valence-corrected chi connectivity index (χ2v) is 6.18. The molecule has 8 heteroatoms. The minimum atomic E-state index is -4.38. The lowest BCUT2D eigenvalue weighted by Crippen LogP contribution is -2.20. The lowest BCUT2D eigenvalue weighted by atomic mass is 10.1. The maximum atomic E-state index is 12.8. The van der Waals surface area contributed by atoms with E-state index in [9.17, 15) is 18.0 Å². The number of aromatic nitrogens is 1. The quantitative estimate of drug-likeness (QED) is 0.641. The fraction of sp³-hybridized carbons (Fsp3) is 0.200. The van der Waals surface area contributed by atoms with Gasteiger partial charge in [0.15, 0.2) is 11.5 Å². The van der Waals surface area contributed by atoms with Crippen LogP contribution in [0.3, 0.4) is 0 Å². The summed E-state index contributed by atoms with van der Waals surface area (Å²) in [5.41, 5.74) is 2.34. The molecule has 0 aliphatic rings. The molecule has 0 saturated heterocycles. The van der Waals surface area contributed by atoms with Gasteiger partial charge in [-0.05, 0) is 36.4 Å². The van der Waals surface area contributed by atoms with Gasteiger partial charge < -0.3 is 14.6 Å². The number of amides is 1. The Kier molecular flexibility index (Phi) is 5.13. The summed E-state index contributed by atoms with van der Waals surface area (Å²) in [7, 11) is 1.74.